The number of anilines is 4. The molecule has 2 aliphatic heterocycles. The van der Waals surface area contributed by atoms with Gasteiger partial charge < -0.3 is 19.1 Å². The predicted molar refractivity (Wildman–Crippen MR) is 315 cm³/mol. The van der Waals surface area contributed by atoms with E-state index in [1.54, 1.807) is 0 Å². The number of hydrogen-bond donors (Lipinski definition) is 0. The maximum atomic E-state index is 7.00. The Balaban J connectivity index is 0.872. The van der Waals surface area contributed by atoms with E-state index >= 15 is 0 Å². The fraction of sp³-hybridized carbons (Fsp3) is 0.0714. The third kappa shape index (κ3) is 6.84. The first-order valence-corrected chi connectivity index (χ1v) is 26.2. The molecule has 0 fully saturated rings. The Kier molecular flexibility index (Phi) is 9.79. The zero-order valence-electron chi connectivity index (χ0n) is 42.4. The Morgan fingerprint density at radius 1 is 0.395 bits per heavy atom. The average Bonchev–Trinajstić information content (AvgIpc) is 4.31. The molecule has 15 rings (SSSR count). The van der Waals surface area contributed by atoms with Crippen LogP contribution in [-0.4, -0.2) is 20.8 Å². The molecule has 13 aromatic rings. The van der Waals surface area contributed by atoms with Crippen molar-refractivity contribution in [2.75, 3.05) is 16.5 Å². The third-order valence-corrected chi connectivity index (χ3v) is 15.7. The van der Waals surface area contributed by atoms with Crippen molar-refractivity contribution >= 4 is 66.4 Å². The molecule has 0 saturated heterocycles. The van der Waals surface area contributed by atoms with Crippen molar-refractivity contribution in [3.63, 3.8) is 0 Å². The molecule has 0 saturated carbocycles. The second-order valence-electron chi connectivity index (χ2n) is 21.2. The molecular formula is C70H51N5O. The molecule has 6 heteroatoms. The first-order chi connectivity index (χ1) is 37.3. The molecule has 10 aromatic carbocycles. The molecule has 0 bridgehead atoms. The summed E-state index contributed by atoms with van der Waals surface area (Å²) in [5.41, 5.74) is 20.9. The van der Waals surface area contributed by atoms with Gasteiger partial charge in [0.1, 0.15) is 24.0 Å². The molecule has 0 amide bonds. The van der Waals surface area contributed by atoms with Crippen LogP contribution in [0.2, 0.25) is 0 Å². The van der Waals surface area contributed by atoms with E-state index in [-0.39, 0.29) is 5.41 Å². The van der Waals surface area contributed by atoms with E-state index in [0.717, 1.165) is 61.9 Å². The highest BCUT2D eigenvalue weighted by Crippen LogP contribution is 2.52. The highest BCUT2D eigenvalue weighted by molar-refractivity contribution is 6.18. The first kappa shape index (κ1) is 43.9. The Labute approximate surface area is 441 Å². The number of fused-ring (bicyclic) bond motifs is 12. The summed E-state index contributed by atoms with van der Waals surface area (Å²) >= 11 is 0. The van der Waals surface area contributed by atoms with Crippen LogP contribution in [0.15, 0.2) is 243 Å². The summed E-state index contributed by atoms with van der Waals surface area (Å²) < 4.78 is 11.9. The van der Waals surface area contributed by atoms with E-state index in [2.05, 4.69) is 276 Å². The summed E-state index contributed by atoms with van der Waals surface area (Å²) in [4.78, 5) is 10.0. The molecule has 0 aliphatic carbocycles. The molecule has 0 unspecified atom stereocenters. The lowest BCUT2D eigenvalue weighted by Crippen LogP contribution is -2.24. The number of pyridine rings is 1. The van der Waals surface area contributed by atoms with Gasteiger partial charge in [-0.2, -0.15) is 0 Å². The van der Waals surface area contributed by atoms with Crippen LogP contribution in [0.4, 0.5) is 22.7 Å². The van der Waals surface area contributed by atoms with Gasteiger partial charge in [-0.1, -0.05) is 178 Å². The fourth-order valence-corrected chi connectivity index (χ4v) is 12.2. The number of benzene rings is 10. The molecule has 0 N–H and O–H groups in total. The van der Waals surface area contributed by atoms with Crippen molar-refractivity contribution < 1.29 is 4.74 Å². The minimum Gasteiger partial charge on any atom is -0.457 e. The van der Waals surface area contributed by atoms with Crippen LogP contribution in [-0.2, 0) is 5.41 Å². The molecule has 5 heterocycles. The van der Waals surface area contributed by atoms with Crippen LogP contribution in [0.25, 0.3) is 99.6 Å². The zero-order chi connectivity index (χ0) is 50.6. The quantitative estimate of drug-likeness (QED) is 0.160. The first-order valence-electron chi connectivity index (χ1n) is 26.2. The van der Waals surface area contributed by atoms with Gasteiger partial charge in [-0.05, 0) is 100.0 Å². The van der Waals surface area contributed by atoms with E-state index in [1.807, 2.05) is 6.20 Å². The highest BCUT2D eigenvalue weighted by Gasteiger charge is 2.32. The summed E-state index contributed by atoms with van der Waals surface area (Å²) in [5, 5.41) is 4.77. The summed E-state index contributed by atoms with van der Waals surface area (Å²) in [6.07, 6.45) is 1.96. The summed E-state index contributed by atoms with van der Waals surface area (Å²) in [5.74, 6) is 2.36. The number of rotatable bonds is 7. The van der Waals surface area contributed by atoms with Crippen LogP contribution in [0.1, 0.15) is 26.3 Å². The molecule has 0 radical (unpaired) electrons. The maximum absolute atomic E-state index is 7.00. The van der Waals surface area contributed by atoms with Crippen molar-refractivity contribution in [2.45, 2.75) is 26.2 Å². The van der Waals surface area contributed by atoms with Gasteiger partial charge in [0.25, 0.3) is 0 Å². The monoisotopic (exact) mass is 977 g/mol. The maximum Gasteiger partial charge on any atom is 0.137 e. The van der Waals surface area contributed by atoms with Crippen LogP contribution < -0.4 is 14.5 Å². The van der Waals surface area contributed by atoms with Gasteiger partial charge in [-0.15, -0.1) is 0 Å². The zero-order valence-corrected chi connectivity index (χ0v) is 42.4. The third-order valence-electron chi connectivity index (χ3n) is 15.7. The largest absolute Gasteiger partial charge is 0.457 e. The average molecular weight is 978 g/mol. The lowest BCUT2D eigenvalue weighted by Gasteiger charge is -2.27. The van der Waals surface area contributed by atoms with E-state index in [4.69, 9.17) is 9.72 Å². The second-order valence-corrected chi connectivity index (χ2v) is 21.2. The Hall–Kier alpha value is -9.65. The van der Waals surface area contributed by atoms with Gasteiger partial charge in [-0.25, -0.2) is 4.98 Å². The SMILES string of the molecule is CC(C)(C)c1ccnc(-n2c3cc(Oc4cccc(N5CN(c6c(-c7ccccc7)cccc6-c6ccccc6)c6ccccc65)c4)ccc3c3cc4c(cc32)-n2c3ccccc3c3cccc(c32)-c2ccccc2-4)c1. The van der Waals surface area contributed by atoms with Crippen molar-refractivity contribution in [3.8, 4) is 67.5 Å². The van der Waals surface area contributed by atoms with Gasteiger partial charge in [0.05, 0.1) is 44.8 Å². The van der Waals surface area contributed by atoms with E-state index in [1.165, 1.54) is 77.6 Å². The molecule has 0 spiro atoms. The lowest BCUT2D eigenvalue weighted by molar-refractivity contribution is 0.483. The number of aromatic nitrogens is 3. The molecule has 2 aliphatic rings. The van der Waals surface area contributed by atoms with Crippen molar-refractivity contribution in [1.82, 2.24) is 14.1 Å². The van der Waals surface area contributed by atoms with Crippen molar-refractivity contribution in [2.24, 2.45) is 0 Å². The molecule has 76 heavy (non-hydrogen) atoms. The Morgan fingerprint density at radius 3 is 1.75 bits per heavy atom. The van der Waals surface area contributed by atoms with Gasteiger partial charge >= 0.3 is 0 Å². The molecule has 6 nitrogen and oxygen atoms in total. The fourth-order valence-electron chi connectivity index (χ4n) is 12.2. The van der Waals surface area contributed by atoms with Gasteiger partial charge in [0.2, 0.25) is 0 Å². The van der Waals surface area contributed by atoms with Gasteiger partial charge in [-0.3, -0.25) is 4.57 Å². The summed E-state index contributed by atoms with van der Waals surface area (Å²) in [7, 11) is 0. The van der Waals surface area contributed by atoms with Crippen molar-refractivity contribution in [1.29, 1.82) is 0 Å². The topological polar surface area (TPSA) is 38.5 Å². The van der Waals surface area contributed by atoms with Crippen LogP contribution >= 0.6 is 0 Å². The van der Waals surface area contributed by atoms with Gasteiger partial charge in [0, 0.05) is 67.8 Å². The molecule has 3 aromatic heterocycles. The summed E-state index contributed by atoms with van der Waals surface area (Å²) in [6.45, 7) is 7.40. The normalized spacial score (nSPS) is 12.8. The minimum absolute atomic E-state index is 0.0851. The second kappa shape index (κ2) is 17.0. The van der Waals surface area contributed by atoms with E-state index < -0.39 is 0 Å². The predicted octanol–water partition coefficient (Wildman–Crippen LogP) is 18.6. The summed E-state index contributed by atoms with van der Waals surface area (Å²) in [6, 6.07) is 85.7. The lowest BCUT2D eigenvalue weighted by atomic mass is 9.88. The Morgan fingerprint density at radius 2 is 0.987 bits per heavy atom. The smallest absolute Gasteiger partial charge is 0.137 e. The van der Waals surface area contributed by atoms with Crippen molar-refractivity contribution in [3.05, 3.63) is 248 Å². The van der Waals surface area contributed by atoms with E-state index in [0.29, 0.717) is 6.67 Å². The number of ether oxygens (including phenoxy) is 1. The van der Waals surface area contributed by atoms with Crippen LogP contribution in [0.3, 0.4) is 0 Å². The minimum atomic E-state index is -0.0851. The van der Waals surface area contributed by atoms with E-state index in [9.17, 15) is 0 Å². The molecular weight excluding hydrogens is 927 g/mol. The van der Waals surface area contributed by atoms with Crippen LogP contribution in [0.5, 0.6) is 11.5 Å². The molecule has 0 atom stereocenters. The van der Waals surface area contributed by atoms with Crippen LogP contribution in [0, 0.1) is 0 Å². The number of para-hydroxylation sites is 5. The standard InChI is InChI=1S/C70H51N5O/c1-70(2,3)47-37-38-71-67(39-47)74-64-41-50(35-36-56(64)60-42-59-54-26-11-10-25-53(54)57-30-18-31-58-55-27-12-13-32-61(55)75(69(57)58)66(59)43-65(60)74)76-49-24-16-23-48(40-49)72-44-73(63-34-15-14-33-62(63)72)68-51(45-19-6-4-7-20-45)28-17-29-52(68)46-21-8-5-9-22-46/h4-43H,44H2,1-3H3. The number of nitrogens with zero attached hydrogens (tertiary/aromatic N) is 5. The Bertz CT molecular complexity index is 4410. The highest BCUT2D eigenvalue weighted by atomic mass is 16.5. The van der Waals surface area contributed by atoms with Gasteiger partial charge in [0.15, 0.2) is 0 Å². The molecule has 362 valence electrons. The number of hydrogen-bond acceptors (Lipinski definition) is 4.